The molecule has 0 N–H and O–H groups in total. The van der Waals surface area contributed by atoms with Crippen LogP contribution in [0.15, 0.2) is 28.9 Å². The Morgan fingerprint density at radius 1 is 1.33 bits per heavy atom. The molecule has 21 heavy (non-hydrogen) atoms. The van der Waals surface area contributed by atoms with Gasteiger partial charge in [-0.1, -0.05) is 0 Å². The van der Waals surface area contributed by atoms with E-state index in [2.05, 4.69) is 10.1 Å². The lowest BCUT2D eigenvalue weighted by molar-refractivity contribution is -0.119. The molecule has 0 bridgehead atoms. The molecule has 0 radical (unpaired) electrons. The third-order valence-electron chi connectivity index (χ3n) is 3.15. The molecule has 1 amide bonds. The Kier molecular flexibility index (Phi) is 3.51. The zero-order valence-corrected chi connectivity index (χ0v) is 12.8. The number of carbonyl (C=O) groups is 1. The first-order valence-corrected chi connectivity index (χ1v) is 8.49. The van der Waals surface area contributed by atoms with Gasteiger partial charge in [0, 0.05) is 37.9 Å². The number of aromatic nitrogens is 3. The van der Waals surface area contributed by atoms with Crippen molar-refractivity contribution in [2.75, 3.05) is 24.5 Å². The van der Waals surface area contributed by atoms with E-state index in [4.69, 9.17) is 0 Å². The number of anilines is 1. The van der Waals surface area contributed by atoms with Crippen LogP contribution in [0.25, 0.3) is 0 Å². The molecule has 0 spiro atoms. The zero-order valence-electron chi connectivity index (χ0n) is 11.2. The van der Waals surface area contributed by atoms with Crippen LogP contribution in [0.4, 0.5) is 5.13 Å². The van der Waals surface area contributed by atoms with E-state index in [9.17, 15) is 13.2 Å². The van der Waals surface area contributed by atoms with Crippen LogP contribution in [0.1, 0.15) is 0 Å². The molecule has 3 heterocycles. The summed E-state index contributed by atoms with van der Waals surface area (Å²) in [5.41, 5.74) is 0. The second-order valence-corrected chi connectivity index (χ2v) is 7.36. The van der Waals surface area contributed by atoms with Crippen molar-refractivity contribution in [1.29, 1.82) is 0 Å². The fourth-order valence-electron chi connectivity index (χ4n) is 2.09. The van der Waals surface area contributed by atoms with E-state index in [1.165, 1.54) is 37.6 Å². The minimum Gasteiger partial charge on any atom is -0.286 e. The van der Waals surface area contributed by atoms with Crippen LogP contribution in [0.5, 0.6) is 0 Å². The number of hydrogen-bond acceptors (Lipinski definition) is 6. The zero-order chi connectivity index (χ0) is 15.0. The van der Waals surface area contributed by atoms with E-state index in [1.54, 1.807) is 18.6 Å². The molecule has 3 rings (SSSR count). The average Bonchev–Trinajstić information content (AvgIpc) is 3.09. The predicted molar refractivity (Wildman–Crippen MR) is 76.4 cm³/mol. The molecule has 1 fully saturated rings. The van der Waals surface area contributed by atoms with Gasteiger partial charge in [0.2, 0.25) is 15.9 Å². The topological polar surface area (TPSA) is 88.4 Å². The van der Waals surface area contributed by atoms with Crippen molar-refractivity contribution in [3.8, 4) is 0 Å². The number of piperazine rings is 1. The number of aryl methyl sites for hydroxylation is 1. The second-order valence-electron chi connectivity index (χ2n) is 4.55. The molecule has 2 aromatic heterocycles. The van der Waals surface area contributed by atoms with Gasteiger partial charge in [0.1, 0.15) is 4.90 Å². The minimum absolute atomic E-state index is 0.0977. The van der Waals surface area contributed by atoms with E-state index in [1.807, 2.05) is 0 Å². The van der Waals surface area contributed by atoms with E-state index < -0.39 is 10.0 Å². The Labute approximate surface area is 125 Å². The third kappa shape index (κ3) is 2.57. The second kappa shape index (κ2) is 5.20. The van der Waals surface area contributed by atoms with Crippen LogP contribution >= 0.6 is 11.3 Å². The summed E-state index contributed by atoms with van der Waals surface area (Å²) in [7, 11) is -2.04. The maximum absolute atomic E-state index is 12.4. The van der Waals surface area contributed by atoms with Crippen LogP contribution in [0.3, 0.4) is 0 Å². The standard InChI is InChI=1S/C11H13N5O3S2/c1-14-7-9(6-13-14)21(18,19)15-3-4-16(10(17)8-15)11-12-2-5-20-11/h2,5-7H,3-4,8H2,1H3. The first kappa shape index (κ1) is 14.2. The maximum atomic E-state index is 12.4. The van der Waals surface area contributed by atoms with Crippen molar-refractivity contribution < 1.29 is 13.2 Å². The molecule has 1 saturated heterocycles. The average molecular weight is 327 g/mol. The van der Waals surface area contributed by atoms with Gasteiger partial charge >= 0.3 is 0 Å². The summed E-state index contributed by atoms with van der Waals surface area (Å²) in [5.74, 6) is -0.274. The van der Waals surface area contributed by atoms with E-state index in [-0.39, 0.29) is 23.9 Å². The summed E-state index contributed by atoms with van der Waals surface area (Å²) in [6.45, 7) is 0.352. The number of nitrogens with zero attached hydrogens (tertiary/aromatic N) is 5. The van der Waals surface area contributed by atoms with E-state index >= 15 is 0 Å². The number of rotatable bonds is 3. The Morgan fingerprint density at radius 3 is 2.71 bits per heavy atom. The number of sulfonamides is 1. The maximum Gasteiger partial charge on any atom is 0.246 e. The molecule has 10 heteroatoms. The van der Waals surface area contributed by atoms with Gasteiger partial charge in [0.15, 0.2) is 5.13 Å². The monoisotopic (exact) mass is 327 g/mol. The van der Waals surface area contributed by atoms with Gasteiger partial charge < -0.3 is 0 Å². The van der Waals surface area contributed by atoms with Crippen molar-refractivity contribution in [2.24, 2.45) is 7.05 Å². The summed E-state index contributed by atoms with van der Waals surface area (Å²) in [4.78, 5) is 17.8. The van der Waals surface area contributed by atoms with Gasteiger partial charge in [-0.05, 0) is 0 Å². The fourth-order valence-corrected chi connectivity index (χ4v) is 4.14. The van der Waals surface area contributed by atoms with Gasteiger partial charge in [-0.2, -0.15) is 9.40 Å². The highest BCUT2D eigenvalue weighted by Crippen LogP contribution is 2.22. The molecule has 2 aromatic rings. The molecule has 8 nitrogen and oxygen atoms in total. The summed E-state index contributed by atoms with van der Waals surface area (Å²) in [6, 6.07) is 0. The van der Waals surface area contributed by atoms with Crippen molar-refractivity contribution in [3.05, 3.63) is 24.0 Å². The molecule has 1 aliphatic rings. The smallest absolute Gasteiger partial charge is 0.246 e. The van der Waals surface area contributed by atoms with Crippen molar-refractivity contribution in [1.82, 2.24) is 19.1 Å². The summed E-state index contributed by atoms with van der Waals surface area (Å²) < 4.78 is 27.5. The first-order chi connectivity index (χ1) is 9.98. The molecule has 0 aliphatic carbocycles. The minimum atomic E-state index is -3.68. The van der Waals surface area contributed by atoms with Gasteiger partial charge in [-0.3, -0.25) is 14.4 Å². The van der Waals surface area contributed by atoms with Crippen LogP contribution in [-0.4, -0.2) is 53.0 Å². The largest absolute Gasteiger partial charge is 0.286 e. The molecular weight excluding hydrogens is 314 g/mol. The Morgan fingerprint density at radius 2 is 2.14 bits per heavy atom. The highest BCUT2D eigenvalue weighted by atomic mass is 32.2. The van der Waals surface area contributed by atoms with Gasteiger partial charge in [-0.15, -0.1) is 11.3 Å². The van der Waals surface area contributed by atoms with E-state index in [0.29, 0.717) is 11.7 Å². The van der Waals surface area contributed by atoms with Crippen molar-refractivity contribution in [2.45, 2.75) is 4.90 Å². The Hall–Kier alpha value is -1.78. The lowest BCUT2D eigenvalue weighted by Crippen LogP contribution is -2.52. The normalized spacial score (nSPS) is 17.4. The molecule has 0 atom stereocenters. The third-order valence-corrected chi connectivity index (χ3v) is 5.75. The predicted octanol–water partition coefficient (Wildman–Crippen LogP) is -0.0859. The van der Waals surface area contributed by atoms with Crippen LogP contribution < -0.4 is 4.90 Å². The lowest BCUT2D eigenvalue weighted by Gasteiger charge is -2.31. The van der Waals surface area contributed by atoms with Crippen LogP contribution in [0.2, 0.25) is 0 Å². The van der Waals surface area contributed by atoms with E-state index in [0.717, 1.165) is 0 Å². The molecule has 0 saturated carbocycles. The fraction of sp³-hybridized carbons (Fsp3) is 0.364. The first-order valence-electron chi connectivity index (χ1n) is 6.17. The summed E-state index contributed by atoms with van der Waals surface area (Å²) in [5, 5.41) is 6.23. The number of amides is 1. The molecule has 112 valence electrons. The van der Waals surface area contributed by atoms with Crippen molar-refractivity contribution in [3.63, 3.8) is 0 Å². The quantitative estimate of drug-likeness (QED) is 0.786. The molecular formula is C11H13N5O3S2. The number of thiazole rings is 1. The summed E-state index contributed by atoms with van der Waals surface area (Å²) >= 11 is 1.35. The number of hydrogen-bond donors (Lipinski definition) is 0. The Balaban J connectivity index is 1.80. The highest BCUT2D eigenvalue weighted by Gasteiger charge is 2.34. The van der Waals surface area contributed by atoms with Crippen LogP contribution in [-0.2, 0) is 21.9 Å². The van der Waals surface area contributed by atoms with Crippen molar-refractivity contribution >= 4 is 32.4 Å². The molecule has 0 unspecified atom stereocenters. The molecule has 1 aliphatic heterocycles. The number of carbonyl (C=O) groups excluding carboxylic acids is 1. The highest BCUT2D eigenvalue weighted by molar-refractivity contribution is 7.89. The van der Waals surface area contributed by atoms with Gasteiger partial charge in [0.05, 0.1) is 12.7 Å². The van der Waals surface area contributed by atoms with Crippen LogP contribution in [0, 0.1) is 0 Å². The van der Waals surface area contributed by atoms with Gasteiger partial charge in [0.25, 0.3) is 0 Å². The van der Waals surface area contributed by atoms with Gasteiger partial charge in [-0.25, -0.2) is 13.4 Å². The Bertz CT molecular complexity index is 753. The summed E-state index contributed by atoms with van der Waals surface area (Å²) in [6.07, 6.45) is 4.33. The SMILES string of the molecule is Cn1cc(S(=O)(=O)N2CCN(c3nccs3)C(=O)C2)cn1. The lowest BCUT2D eigenvalue weighted by atomic mass is 10.4. The molecule has 0 aromatic carbocycles.